The van der Waals surface area contributed by atoms with Crippen molar-refractivity contribution >= 4 is 21.8 Å². The van der Waals surface area contributed by atoms with Crippen LogP contribution in [-0.4, -0.2) is 16.8 Å². The minimum absolute atomic E-state index is 0.291. The Bertz CT molecular complexity index is 327. The molecule has 4 bridgehead atoms. The van der Waals surface area contributed by atoms with Gasteiger partial charge in [-0.3, -0.25) is 4.79 Å². The van der Waals surface area contributed by atoms with Gasteiger partial charge in [-0.05, 0) is 69.1 Å². The molecule has 0 saturated heterocycles. The molecule has 0 heterocycles. The van der Waals surface area contributed by atoms with Crippen molar-refractivity contribution in [1.82, 2.24) is 5.32 Å². The van der Waals surface area contributed by atoms with Crippen molar-refractivity contribution in [2.45, 2.75) is 63.2 Å². The number of rotatable bonds is 4. The zero-order valence-corrected chi connectivity index (χ0v) is 13.7. The summed E-state index contributed by atoms with van der Waals surface area (Å²) in [6.45, 7) is 4.28. The van der Waals surface area contributed by atoms with Crippen molar-refractivity contribution in [3.05, 3.63) is 0 Å². The Morgan fingerprint density at radius 3 is 2.11 bits per heavy atom. The van der Waals surface area contributed by atoms with Crippen LogP contribution >= 0.6 is 15.9 Å². The lowest BCUT2D eigenvalue weighted by atomic mass is 9.51. The minimum Gasteiger partial charge on any atom is -0.353 e. The number of halogens is 1. The van der Waals surface area contributed by atoms with Crippen molar-refractivity contribution in [2.24, 2.45) is 29.6 Å². The zero-order valence-electron chi connectivity index (χ0n) is 12.1. The topological polar surface area (TPSA) is 29.1 Å². The van der Waals surface area contributed by atoms with E-state index in [4.69, 9.17) is 0 Å². The van der Waals surface area contributed by atoms with Crippen molar-refractivity contribution < 1.29 is 4.79 Å². The zero-order chi connectivity index (χ0) is 13.6. The van der Waals surface area contributed by atoms with Gasteiger partial charge in [0.15, 0.2) is 0 Å². The molecule has 1 amide bonds. The first-order valence-corrected chi connectivity index (χ1v) is 8.89. The fourth-order valence-electron chi connectivity index (χ4n) is 5.24. The number of amides is 1. The predicted octanol–water partition coefficient (Wildman–Crippen LogP) is 3.74. The second-order valence-electron chi connectivity index (χ2n) is 7.38. The van der Waals surface area contributed by atoms with Gasteiger partial charge in [-0.1, -0.05) is 22.9 Å². The summed E-state index contributed by atoms with van der Waals surface area (Å²) in [5, 5.41) is 3.27. The fraction of sp³-hybridized carbons (Fsp3) is 0.938. The van der Waals surface area contributed by atoms with E-state index in [-0.39, 0.29) is 0 Å². The van der Waals surface area contributed by atoms with Crippen LogP contribution in [0.3, 0.4) is 0 Å². The predicted molar refractivity (Wildman–Crippen MR) is 81.1 cm³/mol. The fourth-order valence-corrected chi connectivity index (χ4v) is 5.80. The first kappa shape index (κ1) is 13.9. The molecule has 0 aromatic heterocycles. The van der Waals surface area contributed by atoms with Crippen LogP contribution in [0, 0.1) is 29.6 Å². The smallest absolute Gasteiger partial charge is 0.223 e. The van der Waals surface area contributed by atoms with Crippen molar-refractivity contribution in [2.75, 3.05) is 0 Å². The Morgan fingerprint density at radius 1 is 1.11 bits per heavy atom. The molecule has 2 unspecified atom stereocenters. The van der Waals surface area contributed by atoms with Crippen LogP contribution in [0.15, 0.2) is 0 Å². The molecular weight excluding hydrogens is 302 g/mol. The summed E-state index contributed by atoms with van der Waals surface area (Å²) in [7, 11) is 0. The molecule has 3 heteroatoms. The van der Waals surface area contributed by atoms with E-state index in [1.54, 1.807) is 0 Å². The van der Waals surface area contributed by atoms with Crippen LogP contribution in [0.5, 0.6) is 0 Å². The van der Waals surface area contributed by atoms with Crippen LogP contribution in [0.2, 0.25) is 0 Å². The average molecular weight is 328 g/mol. The summed E-state index contributed by atoms with van der Waals surface area (Å²) >= 11 is 3.57. The summed E-state index contributed by atoms with van der Waals surface area (Å²) in [5.74, 6) is 3.99. The number of hydrogen-bond acceptors (Lipinski definition) is 1. The molecule has 2 nitrogen and oxygen atoms in total. The van der Waals surface area contributed by atoms with Gasteiger partial charge in [0.25, 0.3) is 0 Å². The summed E-state index contributed by atoms with van der Waals surface area (Å²) in [6.07, 6.45) is 7.78. The molecule has 0 spiro atoms. The van der Waals surface area contributed by atoms with E-state index >= 15 is 0 Å². The molecule has 0 aromatic carbocycles. The first-order valence-electron chi connectivity index (χ1n) is 7.97. The number of hydrogen-bond donors (Lipinski definition) is 1. The van der Waals surface area contributed by atoms with Crippen LogP contribution in [-0.2, 0) is 4.79 Å². The Labute approximate surface area is 125 Å². The quantitative estimate of drug-likeness (QED) is 0.783. The highest BCUT2D eigenvalue weighted by molar-refractivity contribution is 9.09. The number of carbonyl (C=O) groups is 1. The summed E-state index contributed by atoms with van der Waals surface area (Å²) < 4.78 is 0. The molecule has 4 rings (SSSR count). The molecule has 108 valence electrons. The Morgan fingerprint density at radius 2 is 1.63 bits per heavy atom. The molecular formula is C16H26BrNO. The normalized spacial score (nSPS) is 43.0. The monoisotopic (exact) mass is 327 g/mol. The minimum atomic E-state index is 0.291. The standard InChI is InChI=1S/C16H26BrNO/c1-9(17)3-10(2)18-16(19)15-13-5-11-4-12(7-13)8-14(15)6-11/h9-15H,3-8H2,1-2H3,(H,18,19). The largest absolute Gasteiger partial charge is 0.353 e. The lowest BCUT2D eigenvalue weighted by Crippen LogP contribution is -2.52. The van der Waals surface area contributed by atoms with Crippen molar-refractivity contribution in [3.8, 4) is 0 Å². The van der Waals surface area contributed by atoms with Gasteiger partial charge in [-0.15, -0.1) is 0 Å². The summed E-state index contributed by atoms with van der Waals surface area (Å²) in [4.78, 5) is 13.1. The molecule has 1 N–H and O–H groups in total. The van der Waals surface area contributed by atoms with Gasteiger partial charge in [-0.25, -0.2) is 0 Å². The number of carbonyl (C=O) groups excluding carboxylic acids is 1. The van der Waals surface area contributed by atoms with Crippen LogP contribution < -0.4 is 5.32 Å². The molecule has 4 fully saturated rings. The van der Waals surface area contributed by atoms with Gasteiger partial charge in [-0.2, -0.15) is 0 Å². The Kier molecular flexibility index (Phi) is 3.94. The highest BCUT2D eigenvalue weighted by atomic mass is 79.9. The summed E-state index contributed by atoms with van der Waals surface area (Å²) in [6, 6.07) is 0.291. The maximum Gasteiger partial charge on any atom is 0.223 e. The third-order valence-corrected chi connectivity index (χ3v) is 5.97. The van der Waals surface area contributed by atoms with E-state index in [0.29, 0.717) is 34.5 Å². The third kappa shape index (κ3) is 2.86. The van der Waals surface area contributed by atoms with E-state index in [0.717, 1.165) is 18.3 Å². The maximum atomic E-state index is 12.6. The van der Waals surface area contributed by atoms with E-state index in [9.17, 15) is 4.79 Å². The SMILES string of the molecule is CC(Br)CC(C)NC(=O)C1C2CC3CC(C2)CC1C3. The molecule has 2 atom stereocenters. The van der Waals surface area contributed by atoms with E-state index < -0.39 is 0 Å². The van der Waals surface area contributed by atoms with Gasteiger partial charge < -0.3 is 5.32 Å². The van der Waals surface area contributed by atoms with Crippen LogP contribution in [0.25, 0.3) is 0 Å². The van der Waals surface area contributed by atoms with E-state index in [1.807, 2.05) is 0 Å². The molecule has 0 aromatic rings. The molecule has 19 heavy (non-hydrogen) atoms. The average Bonchev–Trinajstić information content (AvgIpc) is 2.25. The van der Waals surface area contributed by atoms with Gasteiger partial charge in [0.1, 0.15) is 0 Å². The highest BCUT2D eigenvalue weighted by Crippen LogP contribution is 2.56. The summed E-state index contributed by atoms with van der Waals surface area (Å²) in [5.41, 5.74) is 0. The molecule has 0 aliphatic heterocycles. The Hall–Kier alpha value is -0.0500. The van der Waals surface area contributed by atoms with E-state index in [2.05, 4.69) is 35.1 Å². The number of alkyl halides is 1. The van der Waals surface area contributed by atoms with Crippen molar-refractivity contribution in [1.29, 1.82) is 0 Å². The van der Waals surface area contributed by atoms with Gasteiger partial charge in [0, 0.05) is 16.8 Å². The molecule has 4 aliphatic rings. The Balaban J connectivity index is 1.61. The van der Waals surface area contributed by atoms with Crippen molar-refractivity contribution in [3.63, 3.8) is 0 Å². The third-order valence-electron chi connectivity index (χ3n) is 5.60. The molecule has 0 radical (unpaired) electrons. The second kappa shape index (κ2) is 5.38. The van der Waals surface area contributed by atoms with Gasteiger partial charge in [0.05, 0.1) is 0 Å². The van der Waals surface area contributed by atoms with E-state index in [1.165, 1.54) is 32.1 Å². The maximum absolute atomic E-state index is 12.6. The second-order valence-corrected chi connectivity index (χ2v) is 8.95. The van der Waals surface area contributed by atoms with Crippen LogP contribution in [0.4, 0.5) is 0 Å². The molecule has 4 saturated carbocycles. The van der Waals surface area contributed by atoms with Crippen LogP contribution in [0.1, 0.15) is 52.4 Å². The highest BCUT2D eigenvalue weighted by Gasteiger charge is 2.50. The van der Waals surface area contributed by atoms with Gasteiger partial charge >= 0.3 is 0 Å². The first-order chi connectivity index (χ1) is 9.02. The number of nitrogens with one attached hydrogen (secondary N) is 1. The lowest BCUT2D eigenvalue weighted by Gasteiger charge is -2.53. The van der Waals surface area contributed by atoms with Gasteiger partial charge in [0.2, 0.25) is 5.91 Å². The lowest BCUT2D eigenvalue weighted by molar-refractivity contribution is -0.138. The molecule has 4 aliphatic carbocycles.